The van der Waals surface area contributed by atoms with Crippen molar-refractivity contribution in [1.29, 1.82) is 0 Å². The summed E-state index contributed by atoms with van der Waals surface area (Å²) in [5.41, 5.74) is 4.66. The summed E-state index contributed by atoms with van der Waals surface area (Å²) in [6.45, 7) is 1.26. The summed E-state index contributed by atoms with van der Waals surface area (Å²) in [5.74, 6) is 0. The fourth-order valence-corrected chi connectivity index (χ4v) is 9.09. The standard InChI is InChI=1S/C54H60O13/c1-56-52-50(67-54(55)62-42-29-17-18-30-42)48(46-44(63-52)36-61-51(65-46)41-27-15-6-16-28-41)66-53-49(60-34-40-25-13-5-14-26-40)47(59-33-39-23-11-4-12-24-39)45(58-32-38-21-9-3-10-22-38)43(64-53)35-57-31-37-19-7-2-8-20-37/h2-16,19-28,42-53H,17-18,29-36H2,1H3/t43-,44-,45-,46-,47+,48+,49-,50-,51?,52+,53+/m1/s1. The van der Waals surface area contributed by atoms with Gasteiger partial charge in [0, 0.05) is 12.7 Å². The summed E-state index contributed by atoms with van der Waals surface area (Å²) in [5, 5.41) is 0. The normalized spacial score (nSPS) is 28.6. The SMILES string of the molecule is CO[C@H]1O[C@@H]2COC(c3ccccc3)O[C@H]2[C@H](O[C@@H]2O[C@H](COCc3ccccc3)[C@@H](OCc3ccccc3)[C@H](OCc3ccccc3)[C@H]2OCc2ccccc2)[C@H]1OC(=O)OC1CCCC1. The highest BCUT2D eigenvalue weighted by molar-refractivity contribution is 5.60. The lowest BCUT2D eigenvalue weighted by atomic mass is 9.95. The molecule has 1 unspecified atom stereocenters. The second-order valence-electron chi connectivity index (χ2n) is 17.2. The van der Waals surface area contributed by atoms with Crippen molar-refractivity contribution in [3.8, 4) is 0 Å². The van der Waals surface area contributed by atoms with E-state index in [0.717, 1.165) is 53.5 Å². The van der Waals surface area contributed by atoms with Gasteiger partial charge in [0.2, 0.25) is 0 Å². The molecule has 3 aliphatic heterocycles. The Hall–Kier alpha value is -5.03. The third-order valence-electron chi connectivity index (χ3n) is 12.5. The van der Waals surface area contributed by atoms with Gasteiger partial charge < -0.3 is 56.8 Å². The quantitative estimate of drug-likeness (QED) is 0.0732. The Labute approximate surface area is 392 Å². The van der Waals surface area contributed by atoms with Crippen molar-refractivity contribution in [2.75, 3.05) is 20.3 Å². The van der Waals surface area contributed by atoms with Gasteiger partial charge in [0.25, 0.3) is 0 Å². The highest BCUT2D eigenvalue weighted by Gasteiger charge is 2.57. The Kier molecular flexibility index (Phi) is 16.7. The molecule has 354 valence electrons. The maximum Gasteiger partial charge on any atom is 0.509 e. The zero-order chi connectivity index (χ0) is 45.6. The molecule has 5 aromatic rings. The number of benzene rings is 5. The van der Waals surface area contributed by atoms with E-state index in [-0.39, 0.29) is 39.1 Å². The Morgan fingerprint density at radius 3 is 1.63 bits per heavy atom. The number of carbonyl (C=O) groups excluding carboxylic acids is 1. The molecule has 0 spiro atoms. The number of rotatable bonds is 19. The van der Waals surface area contributed by atoms with Gasteiger partial charge in [0.1, 0.15) is 48.8 Å². The van der Waals surface area contributed by atoms with Gasteiger partial charge in [-0.25, -0.2) is 4.79 Å². The summed E-state index contributed by atoms with van der Waals surface area (Å²) in [6, 6.07) is 49.4. The van der Waals surface area contributed by atoms with E-state index < -0.39 is 73.9 Å². The molecule has 13 nitrogen and oxygen atoms in total. The topological polar surface area (TPSA) is 128 Å². The van der Waals surface area contributed by atoms with Crippen molar-refractivity contribution in [3.05, 3.63) is 179 Å². The monoisotopic (exact) mass is 916 g/mol. The number of hydrogen-bond acceptors (Lipinski definition) is 13. The zero-order valence-corrected chi connectivity index (χ0v) is 37.7. The Morgan fingerprint density at radius 1 is 0.537 bits per heavy atom. The van der Waals surface area contributed by atoms with Crippen LogP contribution in [0.3, 0.4) is 0 Å². The van der Waals surface area contributed by atoms with Gasteiger partial charge in [0.05, 0.1) is 39.6 Å². The first kappa shape index (κ1) is 47.1. The molecular formula is C54H60O13. The van der Waals surface area contributed by atoms with Crippen molar-refractivity contribution >= 4 is 6.16 Å². The highest BCUT2D eigenvalue weighted by Crippen LogP contribution is 2.40. The van der Waals surface area contributed by atoms with E-state index >= 15 is 0 Å². The van der Waals surface area contributed by atoms with Crippen LogP contribution in [-0.4, -0.2) is 94.0 Å². The minimum atomic E-state index is -1.18. The summed E-state index contributed by atoms with van der Waals surface area (Å²) in [6.07, 6.45) is -7.66. The summed E-state index contributed by atoms with van der Waals surface area (Å²) in [4.78, 5) is 13.7. The van der Waals surface area contributed by atoms with Crippen LogP contribution < -0.4 is 0 Å². The number of methoxy groups -OCH3 is 1. The lowest BCUT2D eigenvalue weighted by molar-refractivity contribution is -0.396. The Balaban J connectivity index is 1.09. The largest absolute Gasteiger partial charge is 0.509 e. The molecule has 13 heteroatoms. The number of ether oxygens (including phenoxy) is 12. The zero-order valence-electron chi connectivity index (χ0n) is 37.7. The number of carbonyl (C=O) groups is 1. The third kappa shape index (κ3) is 12.6. The fourth-order valence-electron chi connectivity index (χ4n) is 9.09. The van der Waals surface area contributed by atoms with E-state index in [0.29, 0.717) is 6.61 Å². The van der Waals surface area contributed by atoms with Crippen LogP contribution in [0.15, 0.2) is 152 Å². The van der Waals surface area contributed by atoms with Gasteiger partial charge in [-0.05, 0) is 47.9 Å². The van der Waals surface area contributed by atoms with E-state index in [2.05, 4.69) is 0 Å². The fraction of sp³-hybridized carbons (Fsp3) is 0.426. The predicted molar refractivity (Wildman–Crippen MR) is 244 cm³/mol. The molecule has 0 bridgehead atoms. The molecule has 3 saturated heterocycles. The first-order valence-corrected chi connectivity index (χ1v) is 23.3. The van der Waals surface area contributed by atoms with Crippen LogP contribution in [0.2, 0.25) is 0 Å². The molecule has 3 heterocycles. The molecule has 0 radical (unpaired) electrons. The van der Waals surface area contributed by atoms with Crippen molar-refractivity contribution in [2.45, 2.75) is 126 Å². The van der Waals surface area contributed by atoms with E-state index in [9.17, 15) is 4.79 Å². The summed E-state index contributed by atoms with van der Waals surface area (Å²) in [7, 11) is 1.49. The van der Waals surface area contributed by atoms with Gasteiger partial charge >= 0.3 is 6.16 Å². The maximum absolute atomic E-state index is 13.7. The van der Waals surface area contributed by atoms with Gasteiger partial charge in [0.15, 0.2) is 25.0 Å². The molecule has 0 amide bonds. The molecule has 11 atom stereocenters. The second-order valence-corrected chi connectivity index (χ2v) is 17.2. The summed E-state index contributed by atoms with van der Waals surface area (Å²) < 4.78 is 79.2. The molecule has 5 aromatic carbocycles. The molecule has 0 aromatic heterocycles. The average molecular weight is 917 g/mol. The van der Waals surface area contributed by atoms with Gasteiger partial charge in [-0.1, -0.05) is 152 Å². The molecule has 0 N–H and O–H groups in total. The van der Waals surface area contributed by atoms with E-state index in [1.54, 1.807) is 0 Å². The smallest absolute Gasteiger partial charge is 0.431 e. The van der Waals surface area contributed by atoms with Crippen LogP contribution >= 0.6 is 0 Å². The second kappa shape index (κ2) is 23.8. The van der Waals surface area contributed by atoms with Crippen LogP contribution in [0.5, 0.6) is 0 Å². The third-order valence-corrected chi connectivity index (χ3v) is 12.5. The van der Waals surface area contributed by atoms with Crippen molar-refractivity contribution in [3.63, 3.8) is 0 Å². The predicted octanol–water partition coefficient (Wildman–Crippen LogP) is 9.02. The highest BCUT2D eigenvalue weighted by atomic mass is 16.8. The first-order chi connectivity index (χ1) is 33.1. The van der Waals surface area contributed by atoms with Crippen molar-refractivity contribution in [2.24, 2.45) is 0 Å². The maximum atomic E-state index is 13.7. The first-order valence-electron chi connectivity index (χ1n) is 23.3. The van der Waals surface area contributed by atoms with Gasteiger partial charge in [-0.2, -0.15) is 0 Å². The number of fused-ring (bicyclic) bond motifs is 1. The lowest BCUT2D eigenvalue weighted by Gasteiger charge is -2.51. The minimum Gasteiger partial charge on any atom is -0.431 e. The Morgan fingerprint density at radius 2 is 1.06 bits per heavy atom. The molecule has 67 heavy (non-hydrogen) atoms. The van der Waals surface area contributed by atoms with Crippen molar-refractivity contribution in [1.82, 2.24) is 0 Å². The van der Waals surface area contributed by atoms with E-state index in [1.165, 1.54) is 7.11 Å². The average Bonchev–Trinajstić information content (AvgIpc) is 3.90. The Bertz CT molecular complexity index is 2200. The number of hydrogen-bond donors (Lipinski definition) is 0. The molecule has 1 saturated carbocycles. The molecule has 4 aliphatic rings. The molecule has 4 fully saturated rings. The van der Waals surface area contributed by atoms with Crippen LogP contribution in [0.1, 0.15) is 59.8 Å². The van der Waals surface area contributed by atoms with E-state index in [4.69, 9.17) is 56.8 Å². The van der Waals surface area contributed by atoms with Gasteiger partial charge in [-0.15, -0.1) is 0 Å². The molecule has 9 rings (SSSR count). The van der Waals surface area contributed by atoms with Crippen LogP contribution in [0.25, 0.3) is 0 Å². The lowest BCUT2D eigenvalue weighted by Crippen LogP contribution is -2.67. The van der Waals surface area contributed by atoms with E-state index in [1.807, 2.05) is 152 Å². The molecular weight excluding hydrogens is 857 g/mol. The minimum absolute atomic E-state index is 0.111. The van der Waals surface area contributed by atoms with Crippen LogP contribution in [-0.2, 0) is 83.3 Å². The summed E-state index contributed by atoms with van der Waals surface area (Å²) >= 11 is 0. The van der Waals surface area contributed by atoms with Gasteiger partial charge in [-0.3, -0.25) is 0 Å². The molecule has 1 aliphatic carbocycles. The van der Waals surface area contributed by atoms with Crippen molar-refractivity contribution < 1.29 is 61.6 Å². The van der Waals surface area contributed by atoms with Crippen LogP contribution in [0, 0.1) is 0 Å². The van der Waals surface area contributed by atoms with Crippen LogP contribution in [0.4, 0.5) is 4.79 Å².